The van der Waals surface area contributed by atoms with Crippen LogP contribution in [0.4, 0.5) is 10.1 Å². The van der Waals surface area contributed by atoms with E-state index in [-0.39, 0.29) is 17.3 Å². The van der Waals surface area contributed by atoms with Gasteiger partial charge in [0.25, 0.3) is 0 Å². The van der Waals surface area contributed by atoms with Crippen LogP contribution in [0.3, 0.4) is 0 Å². The van der Waals surface area contributed by atoms with Crippen LogP contribution in [0.2, 0.25) is 5.02 Å². The number of halogens is 2. The van der Waals surface area contributed by atoms with E-state index >= 15 is 0 Å². The Kier molecular flexibility index (Phi) is 3.08. The number of carbonyl (C=O) groups excluding carboxylic acids is 1. The van der Waals surface area contributed by atoms with Gasteiger partial charge in [-0.2, -0.15) is 0 Å². The quantitative estimate of drug-likeness (QED) is 0.778. The first-order valence-corrected chi connectivity index (χ1v) is 3.95. The number of hydrogen-bond donors (Lipinski definition) is 2. The van der Waals surface area contributed by atoms with Crippen LogP contribution < -0.4 is 11.1 Å². The van der Waals surface area contributed by atoms with Crippen molar-refractivity contribution in [3.8, 4) is 0 Å². The minimum absolute atomic E-state index is 0.1000. The lowest BCUT2D eigenvalue weighted by molar-refractivity contribution is -0.116. The van der Waals surface area contributed by atoms with Gasteiger partial charge in [-0.05, 0) is 12.1 Å². The van der Waals surface area contributed by atoms with Crippen LogP contribution in [0.5, 0.6) is 0 Å². The summed E-state index contributed by atoms with van der Waals surface area (Å²) in [6, 6.07) is 4.25. The van der Waals surface area contributed by atoms with Crippen molar-refractivity contribution in [3.63, 3.8) is 0 Å². The molecule has 0 aliphatic rings. The highest BCUT2D eigenvalue weighted by molar-refractivity contribution is 6.33. The van der Waals surface area contributed by atoms with Crippen molar-refractivity contribution >= 4 is 23.2 Å². The van der Waals surface area contributed by atoms with Crippen LogP contribution >= 0.6 is 11.6 Å². The normalized spacial score (nSPS) is 9.69. The highest BCUT2D eigenvalue weighted by atomic mass is 35.5. The molecular weight excluding hydrogens is 195 g/mol. The van der Waals surface area contributed by atoms with Crippen molar-refractivity contribution in [2.75, 3.05) is 11.9 Å². The topological polar surface area (TPSA) is 55.1 Å². The Morgan fingerprint density at radius 2 is 2.31 bits per heavy atom. The number of anilines is 1. The summed E-state index contributed by atoms with van der Waals surface area (Å²) in [5.41, 5.74) is 4.97. The van der Waals surface area contributed by atoms with E-state index in [9.17, 15) is 9.18 Å². The van der Waals surface area contributed by atoms with Crippen LogP contribution in [0.1, 0.15) is 0 Å². The molecule has 0 unspecified atom stereocenters. The molecule has 70 valence electrons. The van der Waals surface area contributed by atoms with Gasteiger partial charge in [0.1, 0.15) is 5.82 Å². The number of amides is 1. The first kappa shape index (κ1) is 9.80. The van der Waals surface area contributed by atoms with Crippen molar-refractivity contribution in [2.24, 2.45) is 5.73 Å². The van der Waals surface area contributed by atoms with E-state index in [2.05, 4.69) is 5.32 Å². The number of para-hydroxylation sites is 1. The van der Waals surface area contributed by atoms with Gasteiger partial charge in [-0.1, -0.05) is 17.7 Å². The zero-order valence-electron chi connectivity index (χ0n) is 6.68. The highest BCUT2D eigenvalue weighted by Crippen LogP contribution is 2.23. The van der Waals surface area contributed by atoms with Crippen LogP contribution in [0, 0.1) is 5.82 Å². The van der Waals surface area contributed by atoms with Crippen molar-refractivity contribution in [3.05, 3.63) is 29.0 Å². The molecule has 0 aromatic heterocycles. The molecule has 0 aliphatic carbocycles. The fourth-order valence-electron chi connectivity index (χ4n) is 0.842. The molecule has 0 radical (unpaired) electrons. The molecule has 5 heteroatoms. The second-order valence-electron chi connectivity index (χ2n) is 2.42. The Hall–Kier alpha value is -1.29. The zero-order valence-corrected chi connectivity index (χ0v) is 7.44. The number of carbonyl (C=O) groups is 1. The molecule has 0 saturated heterocycles. The lowest BCUT2D eigenvalue weighted by Crippen LogP contribution is -2.22. The molecule has 0 aliphatic heterocycles. The van der Waals surface area contributed by atoms with Gasteiger partial charge in [0.2, 0.25) is 5.91 Å². The maximum Gasteiger partial charge on any atom is 0.236 e. The van der Waals surface area contributed by atoms with Gasteiger partial charge in [-0.25, -0.2) is 4.39 Å². The molecule has 0 spiro atoms. The van der Waals surface area contributed by atoms with E-state index in [0.717, 1.165) is 0 Å². The molecule has 1 aromatic carbocycles. The molecule has 0 fully saturated rings. The third-order valence-corrected chi connectivity index (χ3v) is 1.72. The van der Waals surface area contributed by atoms with Gasteiger partial charge in [-0.15, -0.1) is 0 Å². The summed E-state index contributed by atoms with van der Waals surface area (Å²) in [5, 5.41) is 2.72. The number of primary amides is 1. The maximum atomic E-state index is 13.0. The summed E-state index contributed by atoms with van der Waals surface area (Å²) in [6.45, 7) is -0.138. The van der Waals surface area contributed by atoms with E-state index < -0.39 is 11.7 Å². The molecule has 0 bridgehead atoms. The Morgan fingerprint density at radius 3 is 2.85 bits per heavy atom. The Labute approximate surface area is 79.7 Å². The minimum Gasteiger partial charge on any atom is -0.373 e. The zero-order chi connectivity index (χ0) is 9.84. The summed E-state index contributed by atoms with van der Waals surface area (Å²) in [5.74, 6) is -1.08. The smallest absolute Gasteiger partial charge is 0.236 e. The lowest BCUT2D eigenvalue weighted by Gasteiger charge is -2.06. The minimum atomic E-state index is -0.570. The predicted octanol–water partition coefficient (Wildman–Crippen LogP) is 1.38. The number of hydrogen-bond acceptors (Lipinski definition) is 2. The van der Waals surface area contributed by atoms with Crippen LogP contribution in [0.15, 0.2) is 18.2 Å². The summed E-state index contributed by atoms with van der Waals surface area (Å²) in [7, 11) is 0. The summed E-state index contributed by atoms with van der Waals surface area (Å²) < 4.78 is 13.0. The molecule has 0 heterocycles. The molecule has 0 saturated carbocycles. The first-order valence-electron chi connectivity index (χ1n) is 3.57. The van der Waals surface area contributed by atoms with E-state index in [1.165, 1.54) is 18.2 Å². The molecule has 0 atom stereocenters. The summed E-state index contributed by atoms with van der Waals surface area (Å²) in [4.78, 5) is 10.4. The molecule has 3 N–H and O–H groups in total. The number of benzene rings is 1. The average Bonchev–Trinajstić information content (AvgIpc) is 2.03. The maximum absolute atomic E-state index is 13.0. The molecular formula is C8H8ClFN2O. The van der Waals surface area contributed by atoms with Gasteiger partial charge in [0.15, 0.2) is 0 Å². The third kappa shape index (κ3) is 2.59. The number of rotatable bonds is 3. The van der Waals surface area contributed by atoms with Crippen LogP contribution in [-0.4, -0.2) is 12.5 Å². The first-order chi connectivity index (χ1) is 6.11. The average molecular weight is 203 g/mol. The van der Waals surface area contributed by atoms with Gasteiger partial charge in [0, 0.05) is 0 Å². The molecule has 1 aromatic rings. The fourth-order valence-corrected chi connectivity index (χ4v) is 1.07. The van der Waals surface area contributed by atoms with E-state index in [0.29, 0.717) is 0 Å². The fraction of sp³-hybridized carbons (Fsp3) is 0.125. The highest BCUT2D eigenvalue weighted by Gasteiger charge is 2.06. The van der Waals surface area contributed by atoms with Crippen LogP contribution in [0.25, 0.3) is 0 Å². The van der Waals surface area contributed by atoms with Gasteiger partial charge in [-0.3, -0.25) is 4.79 Å². The molecule has 13 heavy (non-hydrogen) atoms. The van der Waals surface area contributed by atoms with E-state index in [1.54, 1.807) is 0 Å². The Balaban J connectivity index is 2.81. The van der Waals surface area contributed by atoms with Gasteiger partial charge >= 0.3 is 0 Å². The van der Waals surface area contributed by atoms with Crippen molar-refractivity contribution in [2.45, 2.75) is 0 Å². The van der Waals surface area contributed by atoms with Crippen molar-refractivity contribution in [1.82, 2.24) is 0 Å². The van der Waals surface area contributed by atoms with E-state index in [4.69, 9.17) is 17.3 Å². The largest absolute Gasteiger partial charge is 0.373 e. The predicted molar refractivity (Wildman–Crippen MR) is 49.1 cm³/mol. The summed E-state index contributed by atoms with van der Waals surface area (Å²) in [6.07, 6.45) is 0. The van der Waals surface area contributed by atoms with Gasteiger partial charge in [0.05, 0.1) is 17.3 Å². The SMILES string of the molecule is NC(=O)CNc1c(F)cccc1Cl. The Morgan fingerprint density at radius 1 is 1.62 bits per heavy atom. The van der Waals surface area contributed by atoms with Crippen molar-refractivity contribution in [1.29, 1.82) is 0 Å². The third-order valence-electron chi connectivity index (χ3n) is 1.40. The number of nitrogens with one attached hydrogen (secondary N) is 1. The standard InChI is InChI=1S/C8H8ClFN2O/c9-5-2-1-3-6(10)8(5)12-4-7(11)13/h1-3,12H,4H2,(H2,11,13). The Bertz CT molecular complexity index is 310. The second-order valence-corrected chi connectivity index (χ2v) is 2.82. The summed E-state index contributed by atoms with van der Waals surface area (Å²) >= 11 is 5.66. The monoisotopic (exact) mass is 202 g/mol. The second kappa shape index (κ2) is 4.09. The van der Waals surface area contributed by atoms with Crippen molar-refractivity contribution < 1.29 is 9.18 Å². The number of nitrogens with two attached hydrogens (primary N) is 1. The van der Waals surface area contributed by atoms with Crippen LogP contribution in [-0.2, 0) is 4.79 Å². The molecule has 1 amide bonds. The molecule has 3 nitrogen and oxygen atoms in total. The molecule has 1 rings (SSSR count). The lowest BCUT2D eigenvalue weighted by atomic mass is 10.3. The van der Waals surface area contributed by atoms with Gasteiger partial charge < -0.3 is 11.1 Å². The van der Waals surface area contributed by atoms with E-state index in [1.807, 2.05) is 0 Å².